The third-order valence-electron chi connectivity index (χ3n) is 4.34. The number of esters is 1. The van der Waals surface area contributed by atoms with Gasteiger partial charge in [-0.25, -0.2) is 9.78 Å². The van der Waals surface area contributed by atoms with Gasteiger partial charge in [0.25, 0.3) is 11.6 Å². The summed E-state index contributed by atoms with van der Waals surface area (Å²) in [7, 11) is 0. The summed E-state index contributed by atoms with van der Waals surface area (Å²) in [5, 5.41) is 9.14. The molecule has 1 saturated heterocycles. The topological polar surface area (TPSA) is 94.3 Å². The zero-order chi connectivity index (χ0) is 18.1. The molecule has 7 nitrogen and oxygen atoms in total. The van der Waals surface area contributed by atoms with E-state index in [9.17, 15) is 9.59 Å². The van der Waals surface area contributed by atoms with Crippen molar-refractivity contribution < 1.29 is 18.8 Å². The molecule has 1 fully saturated rings. The van der Waals surface area contributed by atoms with Crippen molar-refractivity contribution >= 4 is 34.3 Å². The van der Waals surface area contributed by atoms with Crippen LogP contribution < -0.4 is 5.32 Å². The highest BCUT2D eigenvalue weighted by molar-refractivity contribution is 7.13. The van der Waals surface area contributed by atoms with E-state index in [2.05, 4.69) is 15.5 Å². The number of hydrogen-bond donors (Lipinski definition) is 1. The molecule has 0 spiro atoms. The van der Waals surface area contributed by atoms with Crippen molar-refractivity contribution in [3.8, 4) is 10.6 Å². The van der Waals surface area contributed by atoms with Crippen LogP contribution in [0.25, 0.3) is 21.7 Å². The molecule has 0 radical (unpaired) electrons. The summed E-state index contributed by atoms with van der Waals surface area (Å²) in [5.41, 5.74) is 1.77. The molecule has 0 saturated carbocycles. The van der Waals surface area contributed by atoms with Gasteiger partial charge < -0.3 is 14.6 Å². The summed E-state index contributed by atoms with van der Waals surface area (Å²) in [6, 6.07) is 5.50. The molecule has 0 aliphatic carbocycles. The van der Waals surface area contributed by atoms with Crippen molar-refractivity contribution in [2.45, 2.75) is 32.3 Å². The van der Waals surface area contributed by atoms with Gasteiger partial charge in [-0.3, -0.25) is 4.79 Å². The SMILES string of the molecule is Cc1noc2nc(-c3cccs3)cc(C(=O)OC3CCCCNC3=O)c12. The molecule has 4 heterocycles. The summed E-state index contributed by atoms with van der Waals surface area (Å²) in [6.45, 7) is 2.35. The van der Waals surface area contributed by atoms with Gasteiger partial charge in [0.1, 0.15) is 0 Å². The van der Waals surface area contributed by atoms with E-state index in [1.165, 1.54) is 11.3 Å². The van der Waals surface area contributed by atoms with Crippen LogP contribution >= 0.6 is 11.3 Å². The molecule has 8 heteroatoms. The summed E-state index contributed by atoms with van der Waals surface area (Å²) in [5.74, 6) is -0.815. The van der Waals surface area contributed by atoms with Crippen LogP contribution in [0, 0.1) is 6.92 Å². The van der Waals surface area contributed by atoms with Crippen molar-refractivity contribution in [2.75, 3.05) is 6.54 Å². The molecule has 1 unspecified atom stereocenters. The predicted molar refractivity (Wildman–Crippen MR) is 95.9 cm³/mol. The largest absolute Gasteiger partial charge is 0.449 e. The lowest BCUT2D eigenvalue weighted by molar-refractivity contribution is -0.129. The molecule has 26 heavy (non-hydrogen) atoms. The van der Waals surface area contributed by atoms with Gasteiger partial charge >= 0.3 is 5.97 Å². The Kier molecular flexibility index (Phi) is 4.42. The number of aryl methyl sites for hydroxylation is 1. The number of hydrogen-bond acceptors (Lipinski definition) is 7. The Morgan fingerprint density at radius 3 is 3.12 bits per heavy atom. The maximum Gasteiger partial charge on any atom is 0.339 e. The van der Waals surface area contributed by atoms with Crippen molar-refractivity contribution in [3.05, 3.63) is 34.8 Å². The lowest BCUT2D eigenvalue weighted by Crippen LogP contribution is -2.36. The van der Waals surface area contributed by atoms with Gasteiger partial charge in [-0.2, -0.15) is 0 Å². The Morgan fingerprint density at radius 1 is 1.42 bits per heavy atom. The van der Waals surface area contributed by atoms with Crippen LogP contribution in [0.2, 0.25) is 0 Å². The van der Waals surface area contributed by atoms with Gasteiger partial charge in [-0.1, -0.05) is 11.2 Å². The molecule has 1 aliphatic heterocycles. The van der Waals surface area contributed by atoms with Gasteiger partial charge in [0, 0.05) is 6.54 Å². The Labute approximate surface area is 153 Å². The molecular weight excluding hydrogens is 354 g/mol. The van der Waals surface area contributed by atoms with E-state index >= 15 is 0 Å². The molecule has 1 N–H and O–H groups in total. The predicted octanol–water partition coefficient (Wildman–Crippen LogP) is 3.09. The number of nitrogens with zero attached hydrogens (tertiary/aromatic N) is 2. The maximum absolute atomic E-state index is 12.9. The summed E-state index contributed by atoms with van der Waals surface area (Å²) in [6.07, 6.45) is 1.45. The molecule has 1 aliphatic rings. The molecular formula is C18H17N3O4S. The molecule has 3 aromatic rings. The highest BCUT2D eigenvalue weighted by atomic mass is 32.1. The molecule has 3 aromatic heterocycles. The third-order valence-corrected chi connectivity index (χ3v) is 5.24. The van der Waals surface area contributed by atoms with E-state index < -0.39 is 12.1 Å². The van der Waals surface area contributed by atoms with Crippen LogP contribution in [0.15, 0.2) is 28.1 Å². The summed E-state index contributed by atoms with van der Waals surface area (Å²) >= 11 is 1.51. The molecule has 1 atom stereocenters. The van der Waals surface area contributed by atoms with Crippen molar-refractivity contribution in [3.63, 3.8) is 0 Å². The number of carbonyl (C=O) groups is 2. The lowest BCUT2D eigenvalue weighted by atomic mass is 10.1. The fraction of sp³-hybridized carbons (Fsp3) is 0.333. The number of fused-ring (bicyclic) bond motifs is 1. The first kappa shape index (κ1) is 16.7. The smallest absolute Gasteiger partial charge is 0.339 e. The van der Waals surface area contributed by atoms with Gasteiger partial charge in [-0.05, 0) is 43.7 Å². The van der Waals surface area contributed by atoms with E-state index in [-0.39, 0.29) is 11.6 Å². The molecule has 0 bridgehead atoms. The third kappa shape index (κ3) is 3.08. The lowest BCUT2D eigenvalue weighted by Gasteiger charge is -2.15. The first-order valence-corrected chi connectivity index (χ1v) is 9.31. The van der Waals surface area contributed by atoms with Crippen molar-refractivity contribution in [2.24, 2.45) is 0 Å². The first-order chi connectivity index (χ1) is 12.6. The van der Waals surface area contributed by atoms with Crippen LogP contribution in [0.1, 0.15) is 35.3 Å². The van der Waals surface area contributed by atoms with Gasteiger partial charge in [0.15, 0.2) is 6.10 Å². The van der Waals surface area contributed by atoms with Crippen LogP contribution in [0.3, 0.4) is 0 Å². The minimum absolute atomic E-state index is 0.248. The van der Waals surface area contributed by atoms with E-state index in [4.69, 9.17) is 9.26 Å². The molecule has 1 amide bonds. The van der Waals surface area contributed by atoms with E-state index in [1.807, 2.05) is 17.5 Å². The van der Waals surface area contributed by atoms with Crippen molar-refractivity contribution in [1.82, 2.24) is 15.5 Å². The van der Waals surface area contributed by atoms with Crippen LogP contribution in [0.5, 0.6) is 0 Å². The number of ether oxygens (including phenoxy) is 1. The van der Waals surface area contributed by atoms with Gasteiger partial charge in [-0.15, -0.1) is 11.3 Å². The quantitative estimate of drug-likeness (QED) is 0.711. The number of amides is 1. The highest BCUT2D eigenvalue weighted by Crippen LogP contribution is 2.30. The second-order valence-electron chi connectivity index (χ2n) is 6.16. The fourth-order valence-corrected chi connectivity index (χ4v) is 3.71. The number of carbonyl (C=O) groups excluding carboxylic acids is 2. The Bertz CT molecular complexity index is 964. The first-order valence-electron chi connectivity index (χ1n) is 8.43. The molecule has 134 valence electrons. The average Bonchev–Trinajstić information content (AvgIpc) is 3.25. The van der Waals surface area contributed by atoms with E-state index in [1.54, 1.807) is 13.0 Å². The maximum atomic E-state index is 12.9. The van der Waals surface area contributed by atoms with Crippen LogP contribution in [-0.2, 0) is 9.53 Å². The van der Waals surface area contributed by atoms with Gasteiger partial charge in [0.05, 0.1) is 27.2 Å². The highest BCUT2D eigenvalue weighted by Gasteiger charge is 2.27. The second-order valence-corrected chi connectivity index (χ2v) is 7.11. The zero-order valence-corrected chi connectivity index (χ0v) is 15.0. The van der Waals surface area contributed by atoms with Crippen LogP contribution in [-0.4, -0.2) is 34.7 Å². The van der Waals surface area contributed by atoms with Crippen LogP contribution in [0.4, 0.5) is 0 Å². The number of pyridine rings is 1. The summed E-state index contributed by atoms with van der Waals surface area (Å²) in [4.78, 5) is 30.3. The molecule has 0 aromatic carbocycles. The Morgan fingerprint density at radius 2 is 2.31 bits per heavy atom. The van der Waals surface area contributed by atoms with Gasteiger partial charge in [0.2, 0.25) is 0 Å². The zero-order valence-electron chi connectivity index (χ0n) is 14.2. The van der Waals surface area contributed by atoms with Crippen molar-refractivity contribution in [1.29, 1.82) is 0 Å². The number of nitrogens with one attached hydrogen (secondary N) is 1. The number of aromatic nitrogens is 2. The molecule has 4 rings (SSSR count). The number of thiophene rings is 1. The normalized spacial score (nSPS) is 17.7. The monoisotopic (exact) mass is 371 g/mol. The Balaban J connectivity index is 1.73. The Hall–Kier alpha value is -2.74. The second kappa shape index (κ2) is 6.87. The minimum atomic E-state index is -0.779. The van der Waals surface area contributed by atoms with E-state index in [0.717, 1.165) is 17.7 Å². The average molecular weight is 371 g/mol. The number of rotatable bonds is 3. The van der Waals surface area contributed by atoms with E-state index in [0.29, 0.717) is 35.3 Å². The fourth-order valence-electron chi connectivity index (χ4n) is 3.02. The summed E-state index contributed by atoms with van der Waals surface area (Å²) < 4.78 is 10.8. The minimum Gasteiger partial charge on any atom is -0.449 e. The standard InChI is InChI=1S/C18H17N3O4S/c1-10-15-11(18(23)24-13-5-2-3-7-19-16(13)22)9-12(14-6-4-8-26-14)20-17(15)25-21-10/h4,6,8-9,13H,2-3,5,7H2,1H3,(H,19,22).